The molecule has 0 aliphatic carbocycles. The molecule has 22 heavy (non-hydrogen) atoms. The maximum Gasteiger partial charge on any atom is 0.333 e. The van der Waals surface area contributed by atoms with Gasteiger partial charge in [-0.2, -0.15) is 0 Å². The SMILES string of the molecule is CC(=O)Nc1cccc(CNC(=O)NNc2ncccn2)c1. The third kappa shape index (κ3) is 5.08. The molecule has 4 N–H and O–H groups in total. The molecule has 0 bridgehead atoms. The number of urea groups is 1. The van der Waals surface area contributed by atoms with E-state index in [4.69, 9.17) is 0 Å². The van der Waals surface area contributed by atoms with Gasteiger partial charge in [-0.15, -0.1) is 0 Å². The molecule has 3 amide bonds. The molecule has 0 spiro atoms. The predicted octanol–water partition coefficient (Wildman–Crippen LogP) is 1.26. The lowest BCUT2D eigenvalue weighted by Gasteiger charge is -2.09. The standard InChI is InChI=1S/C14H16N6O2/c1-10(21)18-12-5-2-4-11(8-12)9-17-14(22)20-19-13-15-6-3-7-16-13/h2-8H,9H2,1H3,(H,18,21)(H,15,16,19)(H2,17,20,22). The number of hydrazine groups is 1. The molecule has 8 heteroatoms. The highest BCUT2D eigenvalue weighted by molar-refractivity contribution is 5.88. The molecule has 114 valence electrons. The molecule has 1 heterocycles. The quantitative estimate of drug-likeness (QED) is 0.622. The number of rotatable bonds is 5. The van der Waals surface area contributed by atoms with Crippen LogP contribution >= 0.6 is 0 Å². The number of carbonyl (C=O) groups excluding carboxylic acids is 2. The fourth-order valence-electron chi connectivity index (χ4n) is 1.67. The van der Waals surface area contributed by atoms with Crippen molar-refractivity contribution in [1.82, 2.24) is 20.7 Å². The number of hydrogen-bond acceptors (Lipinski definition) is 5. The topological polar surface area (TPSA) is 108 Å². The number of carbonyl (C=O) groups is 2. The van der Waals surface area contributed by atoms with Crippen molar-refractivity contribution in [1.29, 1.82) is 0 Å². The van der Waals surface area contributed by atoms with Crippen LogP contribution in [-0.4, -0.2) is 21.9 Å². The van der Waals surface area contributed by atoms with Gasteiger partial charge in [-0.25, -0.2) is 20.2 Å². The van der Waals surface area contributed by atoms with Crippen molar-refractivity contribution in [3.63, 3.8) is 0 Å². The van der Waals surface area contributed by atoms with Crippen LogP contribution in [-0.2, 0) is 11.3 Å². The monoisotopic (exact) mass is 300 g/mol. The molecule has 0 fully saturated rings. The Kier molecular flexibility index (Phi) is 5.25. The molecule has 8 nitrogen and oxygen atoms in total. The zero-order valence-corrected chi connectivity index (χ0v) is 12.0. The number of nitrogens with zero attached hydrogens (tertiary/aromatic N) is 2. The number of amides is 3. The van der Waals surface area contributed by atoms with Crippen LogP contribution in [0.3, 0.4) is 0 Å². The van der Waals surface area contributed by atoms with Crippen LogP contribution in [0, 0.1) is 0 Å². The third-order valence-electron chi connectivity index (χ3n) is 2.55. The summed E-state index contributed by atoms with van der Waals surface area (Å²) in [5, 5.41) is 5.35. The van der Waals surface area contributed by atoms with Crippen LogP contribution in [0.5, 0.6) is 0 Å². The van der Waals surface area contributed by atoms with Crippen molar-refractivity contribution < 1.29 is 9.59 Å². The zero-order chi connectivity index (χ0) is 15.8. The first kappa shape index (κ1) is 15.2. The normalized spacial score (nSPS) is 9.68. The van der Waals surface area contributed by atoms with Gasteiger partial charge in [0.05, 0.1) is 0 Å². The van der Waals surface area contributed by atoms with E-state index in [2.05, 4.69) is 31.5 Å². The van der Waals surface area contributed by atoms with Gasteiger partial charge in [-0.3, -0.25) is 10.2 Å². The average molecular weight is 300 g/mol. The molecule has 1 aromatic carbocycles. The summed E-state index contributed by atoms with van der Waals surface area (Å²) in [6, 6.07) is 8.47. The Morgan fingerprint density at radius 2 is 1.91 bits per heavy atom. The largest absolute Gasteiger partial charge is 0.333 e. The van der Waals surface area contributed by atoms with Crippen LogP contribution in [0.25, 0.3) is 0 Å². The molecule has 0 atom stereocenters. The molecule has 0 saturated carbocycles. The van der Waals surface area contributed by atoms with Crippen LogP contribution in [0.15, 0.2) is 42.7 Å². The lowest BCUT2D eigenvalue weighted by atomic mass is 10.2. The Bertz CT molecular complexity index is 647. The van der Waals surface area contributed by atoms with E-state index in [1.165, 1.54) is 6.92 Å². The van der Waals surface area contributed by atoms with Crippen LogP contribution in [0.1, 0.15) is 12.5 Å². The lowest BCUT2D eigenvalue weighted by molar-refractivity contribution is -0.114. The molecular formula is C14H16N6O2. The van der Waals surface area contributed by atoms with E-state index < -0.39 is 6.03 Å². The van der Waals surface area contributed by atoms with E-state index in [-0.39, 0.29) is 5.91 Å². The van der Waals surface area contributed by atoms with E-state index in [1.807, 2.05) is 6.07 Å². The van der Waals surface area contributed by atoms with Crippen molar-refractivity contribution >= 4 is 23.6 Å². The van der Waals surface area contributed by atoms with Gasteiger partial charge in [0.15, 0.2) is 0 Å². The second-order valence-electron chi connectivity index (χ2n) is 4.39. The summed E-state index contributed by atoms with van der Waals surface area (Å²) in [7, 11) is 0. The van der Waals surface area contributed by atoms with Crippen LogP contribution in [0.4, 0.5) is 16.4 Å². The molecule has 0 aliphatic heterocycles. The molecule has 0 unspecified atom stereocenters. The molecule has 1 aromatic heterocycles. The Morgan fingerprint density at radius 3 is 2.64 bits per heavy atom. The Balaban J connectivity index is 1.79. The first-order valence-electron chi connectivity index (χ1n) is 6.57. The highest BCUT2D eigenvalue weighted by Crippen LogP contribution is 2.10. The summed E-state index contributed by atoms with van der Waals surface area (Å²) >= 11 is 0. The predicted molar refractivity (Wildman–Crippen MR) is 81.8 cm³/mol. The van der Waals surface area contributed by atoms with Crippen molar-refractivity contribution in [2.24, 2.45) is 0 Å². The zero-order valence-electron chi connectivity index (χ0n) is 12.0. The minimum atomic E-state index is -0.419. The second kappa shape index (κ2) is 7.58. The molecule has 2 aromatic rings. The summed E-state index contributed by atoms with van der Waals surface area (Å²) in [6.45, 7) is 1.76. The maximum atomic E-state index is 11.6. The summed E-state index contributed by atoms with van der Waals surface area (Å²) < 4.78 is 0. The highest BCUT2D eigenvalue weighted by atomic mass is 16.2. The van der Waals surface area contributed by atoms with E-state index in [0.29, 0.717) is 18.2 Å². The van der Waals surface area contributed by atoms with Crippen LogP contribution < -0.4 is 21.5 Å². The molecule has 2 rings (SSSR count). The van der Waals surface area contributed by atoms with E-state index >= 15 is 0 Å². The lowest BCUT2D eigenvalue weighted by Crippen LogP contribution is -2.39. The van der Waals surface area contributed by atoms with Gasteiger partial charge in [0.25, 0.3) is 0 Å². The second-order valence-corrected chi connectivity index (χ2v) is 4.39. The third-order valence-corrected chi connectivity index (χ3v) is 2.55. The van der Waals surface area contributed by atoms with Crippen LogP contribution in [0.2, 0.25) is 0 Å². The van der Waals surface area contributed by atoms with Gasteiger partial charge in [0.1, 0.15) is 0 Å². The Hall–Kier alpha value is -3.16. The van der Waals surface area contributed by atoms with E-state index in [9.17, 15) is 9.59 Å². The molecule has 0 saturated heterocycles. The first-order chi connectivity index (χ1) is 10.6. The van der Waals surface area contributed by atoms with Crippen molar-refractivity contribution in [2.45, 2.75) is 13.5 Å². The van der Waals surface area contributed by atoms with Gasteiger partial charge in [0, 0.05) is 31.5 Å². The van der Waals surface area contributed by atoms with Crippen molar-refractivity contribution in [3.05, 3.63) is 48.3 Å². The Morgan fingerprint density at radius 1 is 1.14 bits per heavy atom. The van der Waals surface area contributed by atoms with Gasteiger partial charge in [-0.1, -0.05) is 12.1 Å². The minimum absolute atomic E-state index is 0.144. The number of aromatic nitrogens is 2. The fourth-order valence-corrected chi connectivity index (χ4v) is 1.67. The van der Waals surface area contributed by atoms with Crippen molar-refractivity contribution in [3.8, 4) is 0 Å². The van der Waals surface area contributed by atoms with Gasteiger partial charge in [-0.05, 0) is 23.8 Å². The number of hydrogen-bond donors (Lipinski definition) is 4. The van der Waals surface area contributed by atoms with Crippen molar-refractivity contribution in [2.75, 3.05) is 10.7 Å². The highest BCUT2D eigenvalue weighted by Gasteiger charge is 2.02. The Labute approximate surface area is 127 Å². The average Bonchev–Trinajstić information content (AvgIpc) is 2.52. The number of nitrogens with one attached hydrogen (secondary N) is 4. The van der Waals surface area contributed by atoms with Gasteiger partial charge < -0.3 is 10.6 Å². The van der Waals surface area contributed by atoms with Gasteiger partial charge in [0.2, 0.25) is 11.9 Å². The number of anilines is 2. The summed E-state index contributed by atoms with van der Waals surface area (Å²) in [5.41, 5.74) is 6.54. The first-order valence-corrected chi connectivity index (χ1v) is 6.57. The smallest absolute Gasteiger partial charge is 0.333 e. The summed E-state index contributed by atoms with van der Waals surface area (Å²) in [5.74, 6) is 0.153. The molecular weight excluding hydrogens is 284 g/mol. The van der Waals surface area contributed by atoms with E-state index in [0.717, 1.165) is 5.56 Å². The number of benzene rings is 1. The van der Waals surface area contributed by atoms with E-state index in [1.54, 1.807) is 36.7 Å². The molecule has 0 aliphatic rings. The minimum Gasteiger partial charge on any atom is -0.333 e. The fraction of sp³-hybridized carbons (Fsp3) is 0.143. The molecule has 0 radical (unpaired) electrons. The van der Waals surface area contributed by atoms with Gasteiger partial charge >= 0.3 is 6.03 Å². The maximum absolute atomic E-state index is 11.6. The summed E-state index contributed by atoms with van der Waals surface area (Å²) in [6.07, 6.45) is 3.12. The summed E-state index contributed by atoms with van der Waals surface area (Å²) in [4.78, 5) is 30.4.